The molecule has 2 aliphatic heterocycles. The van der Waals surface area contributed by atoms with Crippen LogP contribution in [0.1, 0.15) is 53.3 Å². The average Bonchev–Trinajstić information content (AvgIpc) is 3.27. The molecule has 2 atom stereocenters. The number of aromatic nitrogens is 3. The summed E-state index contributed by atoms with van der Waals surface area (Å²) >= 11 is 0. The van der Waals surface area contributed by atoms with Gasteiger partial charge in [-0.1, -0.05) is 13.8 Å². The molecule has 7 nitrogen and oxygen atoms in total. The summed E-state index contributed by atoms with van der Waals surface area (Å²) in [7, 11) is 0. The van der Waals surface area contributed by atoms with E-state index in [0.717, 1.165) is 11.4 Å². The van der Waals surface area contributed by atoms with E-state index in [1.165, 1.54) is 0 Å². The second kappa shape index (κ2) is 6.16. The van der Waals surface area contributed by atoms with Gasteiger partial charge in [-0.05, 0) is 25.0 Å². The zero-order valence-electron chi connectivity index (χ0n) is 15.7. The summed E-state index contributed by atoms with van der Waals surface area (Å²) in [5, 5.41) is 8.21. The molecule has 0 unspecified atom stereocenters. The molecule has 4 rings (SSSR count). The highest BCUT2D eigenvalue weighted by Gasteiger charge is 2.56. The van der Waals surface area contributed by atoms with Gasteiger partial charge in [0.1, 0.15) is 0 Å². The van der Waals surface area contributed by atoms with E-state index in [1.54, 1.807) is 6.92 Å². The molecule has 0 bridgehead atoms. The number of hydrogen-bond acceptors (Lipinski definition) is 6. The third-order valence-electron chi connectivity index (χ3n) is 5.45. The molecule has 0 radical (unpaired) electrons. The molecule has 0 saturated carbocycles. The lowest BCUT2D eigenvalue weighted by atomic mass is 9.81. The zero-order valence-corrected chi connectivity index (χ0v) is 15.7. The Balaban J connectivity index is 1.66. The Morgan fingerprint density at radius 2 is 2.12 bits per heavy atom. The minimum absolute atomic E-state index is 0.0196. The Morgan fingerprint density at radius 3 is 2.81 bits per heavy atom. The molecule has 2 aliphatic rings. The first kappa shape index (κ1) is 17.1. The highest BCUT2D eigenvalue weighted by Crippen LogP contribution is 2.43. The van der Waals surface area contributed by atoms with Crippen LogP contribution in [-0.4, -0.2) is 52.3 Å². The summed E-state index contributed by atoms with van der Waals surface area (Å²) in [5.74, 6) is 1.50. The van der Waals surface area contributed by atoms with Crippen LogP contribution in [0.2, 0.25) is 0 Å². The van der Waals surface area contributed by atoms with Gasteiger partial charge in [0.25, 0.3) is 5.91 Å². The monoisotopic (exact) mass is 356 g/mol. The summed E-state index contributed by atoms with van der Waals surface area (Å²) in [6, 6.07) is 3.80. The summed E-state index contributed by atoms with van der Waals surface area (Å²) in [6.45, 7) is 10.1. The SMILES string of the molecule is Cc1ccc(C(=O)N2C[C@H]3COC[C@@]3(c3nnc(C)o3)C2)c(C(C)C)n1. The molecule has 1 amide bonds. The van der Waals surface area contributed by atoms with Crippen molar-refractivity contribution in [1.82, 2.24) is 20.1 Å². The molecule has 4 heterocycles. The van der Waals surface area contributed by atoms with Crippen molar-refractivity contribution in [1.29, 1.82) is 0 Å². The number of nitrogens with zero attached hydrogens (tertiary/aromatic N) is 4. The Labute approximate surface area is 152 Å². The predicted molar refractivity (Wildman–Crippen MR) is 94.0 cm³/mol. The summed E-state index contributed by atoms with van der Waals surface area (Å²) in [5.41, 5.74) is 2.07. The number of ether oxygens (including phenoxy) is 1. The minimum Gasteiger partial charge on any atom is -0.425 e. The number of fused-ring (bicyclic) bond motifs is 1. The van der Waals surface area contributed by atoms with Crippen LogP contribution in [0.25, 0.3) is 0 Å². The summed E-state index contributed by atoms with van der Waals surface area (Å²) in [4.78, 5) is 19.8. The number of aryl methyl sites for hydroxylation is 2. The van der Waals surface area contributed by atoms with Gasteiger partial charge in [0.15, 0.2) is 0 Å². The van der Waals surface area contributed by atoms with E-state index in [-0.39, 0.29) is 17.7 Å². The fraction of sp³-hybridized carbons (Fsp3) is 0.579. The topological polar surface area (TPSA) is 81.4 Å². The maximum absolute atomic E-state index is 13.3. The van der Waals surface area contributed by atoms with Gasteiger partial charge < -0.3 is 14.1 Å². The van der Waals surface area contributed by atoms with Crippen molar-refractivity contribution in [2.75, 3.05) is 26.3 Å². The van der Waals surface area contributed by atoms with Gasteiger partial charge in [0.2, 0.25) is 11.8 Å². The van der Waals surface area contributed by atoms with Crippen LogP contribution in [0.4, 0.5) is 0 Å². The predicted octanol–water partition coefficient (Wildman–Crippen LogP) is 2.25. The van der Waals surface area contributed by atoms with Crippen molar-refractivity contribution in [2.24, 2.45) is 5.92 Å². The Kier molecular flexibility index (Phi) is 4.06. The van der Waals surface area contributed by atoms with Crippen molar-refractivity contribution in [2.45, 2.75) is 39.0 Å². The van der Waals surface area contributed by atoms with E-state index in [4.69, 9.17) is 9.15 Å². The largest absolute Gasteiger partial charge is 0.425 e. The molecule has 0 N–H and O–H groups in total. The molecule has 0 spiro atoms. The lowest BCUT2D eigenvalue weighted by Crippen LogP contribution is -2.38. The van der Waals surface area contributed by atoms with Crippen LogP contribution < -0.4 is 0 Å². The standard InChI is InChI=1S/C19H24N4O3/c1-11(2)16-15(6-5-12(3)20-16)17(24)23-7-14-8-25-10-19(14,9-23)18-22-21-13(4)26-18/h5-6,11,14H,7-10H2,1-4H3/t14-,19-/m0/s1. The second-order valence-electron chi connectivity index (χ2n) is 7.72. The van der Waals surface area contributed by atoms with Gasteiger partial charge in [-0.2, -0.15) is 0 Å². The first-order valence-electron chi connectivity index (χ1n) is 9.06. The molecular formula is C19H24N4O3. The first-order chi connectivity index (χ1) is 12.4. The molecule has 2 fully saturated rings. The smallest absolute Gasteiger partial charge is 0.255 e. The summed E-state index contributed by atoms with van der Waals surface area (Å²) in [6.07, 6.45) is 0. The van der Waals surface area contributed by atoms with Crippen LogP contribution in [-0.2, 0) is 10.2 Å². The fourth-order valence-corrected chi connectivity index (χ4v) is 4.06. The molecule has 2 aromatic rings. The van der Waals surface area contributed by atoms with Gasteiger partial charge in [-0.3, -0.25) is 9.78 Å². The number of rotatable bonds is 3. The first-order valence-corrected chi connectivity index (χ1v) is 9.06. The van der Waals surface area contributed by atoms with Crippen LogP contribution in [0, 0.1) is 19.8 Å². The lowest BCUT2D eigenvalue weighted by Gasteiger charge is -2.23. The van der Waals surface area contributed by atoms with Crippen molar-refractivity contribution in [3.8, 4) is 0 Å². The quantitative estimate of drug-likeness (QED) is 0.839. The van der Waals surface area contributed by atoms with Crippen molar-refractivity contribution in [3.05, 3.63) is 40.9 Å². The van der Waals surface area contributed by atoms with Gasteiger partial charge in [-0.25, -0.2) is 0 Å². The molecule has 7 heteroatoms. The van der Waals surface area contributed by atoms with Crippen LogP contribution in [0.3, 0.4) is 0 Å². The molecule has 2 saturated heterocycles. The molecular weight excluding hydrogens is 332 g/mol. The van der Waals surface area contributed by atoms with Gasteiger partial charge in [-0.15, -0.1) is 10.2 Å². The Morgan fingerprint density at radius 1 is 1.31 bits per heavy atom. The molecule has 0 aliphatic carbocycles. The summed E-state index contributed by atoms with van der Waals surface area (Å²) < 4.78 is 11.4. The third kappa shape index (κ3) is 2.61. The molecule has 2 aromatic heterocycles. The van der Waals surface area contributed by atoms with Crippen molar-refractivity contribution in [3.63, 3.8) is 0 Å². The van der Waals surface area contributed by atoms with Gasteiger partial charge in [0.05, 0.1) is 29.9 Å². The maximum Gasteiger partial charge on any atom is 0.255 e. The van der Waals surface area contributed by atoms with Gasteiger partial charge in [0, 0.05) is 31.6 Å². The number of carbonyl (C=O) groups excluding carboxylic acids is 1. The average molecular weight is 356 g/mol. The van der Waals surface area contributed by atoms with E-state index in [0.29, 0.717) is 43.6 Å². The normalized spacial score (nSPS) is 25.1. The number of pyridine rings is 1. The van der Waals surface area contributed by atoms with Crippen molar-refractivity contribution < 1.29 is 13.9 Å². The van der Waals surface area contributed by atoms with Crippen LogP contribution in [0.15, 0.2) is 16.5 Å². The van der Waals surface area contributed by atoms with E-state index in [1.807, 2.05) is 24.0 Å². The maximum atomic E-state index is 13.3. The molecule has 138 valence electrons. The highest BCUT2D eigenvalue weighted by molar-refractivity contribution is 5.95. The number of hydrogen-bond donors (Lipinski definition) is 0. The number of likely N-dealkylation sites (tertiary alicyclic amines) is 1. The van der Waals surface area contributed by atoms with Crippen molar-refractivity contribution >= 4 is 5.91 Å². The highest BCUT2D eigenvalue weighted by atomic mass is 16.5. The molecule has 0 aromatic carbocycles. The van der Waals surface area contributed by atoms with E-state index in [2.05, 4.69) is 29.0 Å². The van der Waals surface area contributed by atoms with E-state index < -0.39 is 5.41 Å². The zero-order chi connectivity index (χ0) is 18.5. The Hall–Kier alpha value is -2.28. The Bertz CT molecular complexity index is 847. The van der Waals surface area contributed by atoms with Gasteiger partial charge >= 0.3 is 0 Å². The van der Waals surface area contributed by atoms with E-state index >= 15 is 0 Å². The fourth-order valence-electron chi connectivity index (χ4n) is 4.06. The number of amides is 1. The minimum atomic E-state index is -0.396. The number of carbonyl (C=O) groups is 1. The van der Waals surface area contributed by atoms with Crippen LogP contribution >= 0.6 is 0 Å². The van der Waals surface area contributed by atoms with Crippen LogP contribution in [0.5, 0.6) is 0 Å². The molecule has 26 heavy (non-hydrogen) atoms. The van der Waals surface area contributed by atoms with E-state index in [9.17, 15) is 4.79 Å². The third-order valence-corrected chi connectivity index (χ3v) is 5.45. The second-order valence-corrected chi connectivity index (χ2v) is 7.72. The lowest BCUT2D eigenvalue weighted by molar-refractivity contribution is 0.0736.